The van der Waals surface area contributed by atoms with E-state index in [4.69, 9.17) is 9.84 Å². The third kappa shape index (κ3) is 3.11. The minimum Gasteiger partial charge on any atom is -0.481 e. The lowest BCUT2D eigenvalue weighted by Crippen LogP contribution is -2.50. The summed E-state index contributed by atoms with van der Waals surface area (Å²) in [4.78, 5) is 24.8. The second kappa shape index (κ2) is 5.53. The molecule has 2 heterocycles. The Morgan fingerprint density at radius 1 is 1.33 bits per heavy atom. The first-order chi connectivity index (χ1) is 8.56. The Balaban J connectivity index is 1.78. The van der Waals surface area contributed by atoms with Crippen LogP contribution in [-0.2, 0) is 9.53 Å². The van der Waals surface area contributed by atoms with Gasteiger partial charge >= 0.3 is 12.0 Å². The van der Waals surface area contributed by atoms with Gasteiger partial charge < -0.3 is 25.4 Å². The lowest BCUT2D eigenvalue weighted by molar-refractivity contribution is -0.142. The minimum atomic E-state index is -0.932. The molecule has 102 valence electrons. The molecule has 2 aliphatic rings. The summed E-state index contributed by atoms with van der Waals surface area (Å²) in [7, 11) is 2.00. The molecular formula is C11H19N3O4. The van der Waals surface area contributed by atoms with Crippen LogP contribution in [0.25, 0.3) is 0 Å². The summed E-state index contributed by atoms with van der Waals surface area (Å²) in [6.45, 7) is 2.22. The number of ether oxygens (including phenoxy) is 1. The number of nitrogens with one attached hydrogen (secondary N) is 2. The lowest BCUT2D eigenvalue weighted by atomic mass is 10.0. The summed E-state index contributed by atoms with van der Waals surface area (Å²) in [6, 6.07) is -0.612. The average molecular weight is 257 g/mol. The van der Waals surface area contributed by atoms with E-state index in [1.54, 1.807) is 0 Å². The van der Waals surface area contributed by atoms with E-state index >= 15 is 0 Å². The summed E-state index contributed by atoms with van der Waals surface area (Å²) in [5, 5.41) is 14.5. The first-order valence-electron chi connectivity index (χ1n) is 6.12. The van der Waals surface area contributed by atoms with Crippen LogP contribution >= 0.6 is 0 Å². The van der Waals surface area contributed by atoms with E-state index in [0.29, 0.717) is 0 Å². The zero-order valence-corrected chi connectivity index (χ0v) is 10.4. The standard InChI is InChI=1S/C11H19N3O4/c1-14-3-2-7(4-14)12-11(17)13-9-6-18-5-8(9)10(15)16/h7-9H,2-6H2,1H3,(H,15,16)(H2,12,13,17). The molecule has 0 aromatic heterocycles. The van der Waals surface area contributed by atoms with Gasteiger partial charge in [0.2, 0.25) is 0 Å². The van der Waals surface area contributed by atoms with Gasteiger partial charge in [-0.3, -0.25) is 4.79 Å². The van der Waals surface area contributed by atoms with E-state index in [9.17, 15) is 9.59 Å². The quantitative estimate of drug-likeness (QED) is 0.609. The number of nitrogens with zero attached hydrogens (tertiary/aromatic N) is 1. The number of rotatable bonds is 3. The van der Waals surface area contributed by atoms with Gasteiger partial charge in [0.25, 0.3) is 0 Å². The summed E-state index contributed by atoms with van der Waals surface area (Å²) in [6.07, 6.45) is 0.924. The van der Waals surface area contributed by atoms with Crippen molar-refractivity contribution in [3.05, 3.63) is 0 Å². The fraction of sp³-hybridized carbons (Fsp3) is 0.818. The molecule has 18 heavy (non-hydrogen) atoms. The molecule has 0 saturated carbocycles. The van der Waals surface area contributed by atoms with Crippen molar-refractivity contribution >= 4 is 12.0 Å². The second-order valence-corrected chi connectivity index (χ2v) is 4.95. The highest BCUT2D eigenvalue weighted by Crippen LogP contribution is 2.14. The van der Waals surface area contributed by atoms with Crippen LogP contribution < -0.4 is 10.6 Å². The number of urea groups is 1. The topological polar surface area (TPSA) is 90.9 Å². The molecule has 2 amide bonds. The molecule has 7 nitrogen and oxygen atoms in total. The Morgan fingerprint density at radius 2 is 2.11 bits per heavy atom. The van der Waals surface area contributed by atoms with Crippen molar-refractivity contribution in [1.29, 1.82) is 0 Å². The van der Waals surface area contributed by atoms with Crippen LogP contribution in [0.2, 0.25) is 0 Å². The SMILES string of the molecule is CN1CCC(NC(=O)NC2COCC2C(=O)O)C1. The molecule has 7 heteroatoms. The van der Waals surface area contributed by atoms with Gasteiger partial charge in [0, 0.05) is 12.6 Å². The van der Waals surface area contributed by atoms with Crippen LogP contribution in [0.5, 0.6) is 0 Å². The molecule has 3 N–H and O–H groups in total. The first kappa shape index (κ1) is 13.1. The number of aliphatic carboxylic acids is 1. The van der Waals surface area contributed by atoms with Crippen LogP contribution in [0.1, 0.15) is 6.42 Å². The molecule has 3 atom stereocenters. The highest BCUT2D eigenvalue weighted by Gasteiger charge is 2.35. The van der Waals surface area contributed by atoms with E-state index in [1.165, 1.54) is 0 Å². The normalized spacial score (nSPS) is 32.4. The highest BCUT2D eigenvalue weighted by atomic mass is 16.5. The molecule has 0 bridgehead atoms. The van der Waals surface area contributed by atoms with E-state index in [2.05, 4.69) is 15.5 Å². The Kier molecular flexibility index (Phi) is 4.03. The number of amides is 2. The van der Waals surface area contributed by atoms with E-state index < -0.39 is 17.9 Å². The Morgan fingerprint density at radius 3 is 2.72 bits per heavy atom. The van der Waals surface area contributed by atoms with Gasteiger partial charge in [-0.05, 0) is 20.0 Å². The Bertz CT molecular complexity index is 336. The van der Waals surface area contributed by atoms with Crippen molar-refractivity contribution in [2.75, 3.05) is 33.4 Å². The second-order valence-electron chi connectivity index (χ2n) is 4.95. The number of hydrogen-bond acceptors (Lipinski definition) is 4. The van der Waals surface area contributed by atoms with E-state index in [0.717, 1.165) is 19.5 Å². The molecule has 0 aromatic carbocycles. The molecule has 2 saturated heterocycles. The van der Waals surface area contributed by atoms with E-state index in [1.807, 2.05) is 7.05 Å². The maximum Gasteiger partial charge on any atom is 0.315 e. The zero-order valence-electron chi connectivity index (χ0n) is 10.4. The number of carboxylic acids is 1. The van der Waals surface area contributed by atoms with Crippen molar-refractivity contribution in [2.24, 2.45) is 5.92 Å². The molecule has 0 radical (unpaired) electrons. The summed E-state index contributed by atoms with van der Waals surface area (Å²) < 4.78 is 5.09. The van der Waals surface area contributed by atoms with Crippen molar-refractivity contribution < 1.29 is 19.4 Å². The largest absolute Gasteiger partial charge is 0.481 e. The van der Waals surface area contributed by atoms with Gasteiger partial charge in [0.1, 0.15) is 5.92 Å². The Labute approximate surface area is 105 Å². The molecule has 0 aliphatic carbocycles. The molecule has 0 spiro atoms. The maximum atomic E-state index is 11.7. The predicted molar refractivity (Wildman–Crippen MR) is 63.3 cm³/mol. The van der Waals surface area contributed by atoms with Crippen LogP contribution in [0.4, 0.5) is 4.79 Å². The Hall–Kier alpha value is -1.34. The van der Waals surface area contributed by atoms with Crippen molar-refractivity contribution in [3.8, 4) is 0 Å². The van der Waals surface area contributed by atoms with Gasteiger partial charge in [-0.15, -0.1) is 0 Å². The van der Waals surface area contributed by atoms with Gasteiger partial charge in [0.05, 0.1) is 19.3 Å². The van der Waals surface area contributed by atoms with Gasteiger partial charge in [-0.1, -0.05) is 0 Å². The number of likely N-dealkylation sites (N-methyl/N-ethyl adjacent to an activating group) is 1. The number of likely N-dealkylation sites (tertiary alicyclic amines) is 1. The first-order valence-corrected chi connectivity index (χ1v) is 6.12. The fourth-order valence-corrected chi connectivity index (χ4v) is 2.39. The fourth-order valence-electron chi connectivity index (χ4n) is 2.39. The molecular weight excluding hydrogens is 238 g/mol. The minimum absolute atomic E-state index is 0.139. The average Bonchev–Trinajstić information content (AvgIpc) is 2.87. The van der Waals surface area contributed by atoms with Crippen molar-refractivity contribution in [2.45, 2.75) is 18.5 Å². The maximum absolute atomic E-state index is 11.7. The third-order valence-electron chi connectivity index (χ3n) is 3.44. The number of hydrogen-bond donors (Lipinski definition) is 3. The summed E-state index contributed by atoms with van der Waals surface area (Å²) in [5.41, 5.74) is 0. The smallest absolute Gasteiger partial charge is 0.315 e. The van der Waals surface area contributed by atoms with Crippen molar-refractivity contribution in [3.63, 3.8) is 0 Å². The molecule has 3 unspecified atom stereocenters. The van der Waals surface area contributed by atoms with Crippen molar-refractivity contribution in [1.82, 2.24) is 15.5 Å². The monoisotopic (exact) mass is 257 g/mol. The molecule has 2 aliphatic heterocycles. The van der Waals surface area contributed by atoms with Gasteiger partial charge in [-0.2, -0.15) is 0 Å². The zero-order chi connectivity index (χ0) is 13.1. The highest BCUT2D eigenvalue weighted by molar-refractivity contribution is 5.77. The van der Waals surface area contributed by atoms with Crippen LogP contribution in [0.15, 0.2) is 0 Å². The van der Waals surface area contributed by atoms with Gasteiger partial charge in [-0.25, -0.2) is 4.79 Å². The number of carboxylic acid groups (broad SMARTS) is 1. The summed E-state index contributed by atoms with van der Waals surface area (Å²) in [5.74, 6) is -1.58. The van der Waals surface area contributed by atoms with Gasteiger partial charge in [0.15, 0.2) is 0 Å². The van der Waals surface area contributed by atoms with Crippen LogP contribution in [0, 0.1) is 5.92 Å². The van der Waals surface area contributed by atoms with E-state index in [-0.39, 0.29) is 25.3 Å². The molecule has 2 rings (SSSR count). The number of carbonyl (C=O) groups is 2. The predicted octanol–water partition coefficient (Wildman–Crippen LogP) is -0.911. The van der Waals surface area contributed by atoms with Crippen LogP contribution in [0.3, 0.4) is 0 Å². The third-order valence-corrected chi connectivity index (χ3v) is 3.44. The lowest BCUT2D eigenvalue weighted by Gasteiger charge is -2.18. The molecule has 2 fully saturated rings. The van der Waals surface area contributed by atoms with Crippen LogP contribution in [-0.4, -0.2) is 67.4 Å². The summed E-state index contributed by atoms with van der Waals surface area (Å²) >= 11 is 0. The molecule has 0 aromatic rings. The number of carbonyl (C=O) groups excluding carboxylic acids is 1.